The van der Waals surface area contributed by atoms with Gasteiger partial charge in [-0.3, -0.25) is 0 Å². The van der Waals surface area contributed by atoms with E-state index in [0.29, 0.717) is 18.0 Å². The molecule has 0 bridgehead atoms. The van der Waals surface area contributed by atoms with E-state index >= 15 is 0 Å². The van der Waals surface area contributed by atoms with Gasteiger partial charge in [0, 0.05) is 24.7 Å². The molecule has 0 radical (unpaired) electrons. The Morgan fingerprint density at radius 2 is 1.81 bits per heavy atom. The fraction of sp³-hybridized carbons (Fsp3) is 0.938. The predicted octanol–water partition coefficient (Wildman–Crippen LogP) is 2.40. The molecular weight excluding hydrogens is 266 g/mol. The van der Waals surface area contributed by atoms with Crippen molar-refractivity contribution in [3.63, 3.8) is 0 Å². The van der Waals surface area contributed by atoms with Gasteiger partial charge < -0.3 is 21.1 Å². The van der Waals surface area contributed by atoms with Gasteiger partial charge >= 0.3 is 6.09 Å². The summed E-state index contributed by atoms with van der Waals surface area (Å²) in [5.74, 6) is 0.357. The average Bonchev–Trinajstić information content (AvgIpc) is 2.33. The molecule has 21 heavy (non-hydrogen) atoms. The lowest BCUT2D eigenvalue weighted by molar-refractivity contribution is 0.0488. The number of rotatable bonds is 5. The van der Waals surface area contributed by atoms with E-state index in [4.69, 9.17) is 10.5 Å². The van der Waals surface area contributed by atoms with Crippen molar-refractivity contribution in [1.82, 2.24) is 10.6 Å². The standard InChI is InChI=1S/C16H33N3O2/c1-11(2)14(19-15(20)21-16(3,4)5)10-18-13-8-6-12(17)7-9-13/h11-14,18H,6-10,17H2,1-5H3,(H,19,20). The largest absolute Gasteiger partial charge is 0.444 e. The van der Waals surface area contributed by atoms with Gasteiger partial charge in [-0.1, -0.05) is 13.8 Å². The second-order valence-electron chi connectivity index (χ2n) is 7.52. The molecule has 0 aromatic carbocycles. The van der Waals surface area contributed by atoms with E-state index in [9.17, 15) is 4.79 Å². The van der Waals surface area contributed by atoms with Crippen molar-refractivity contribution < 1.29 is 9.53 Å². The third kappa shape index (κ3) is 7.67. The molecule has 0 saturated heterocycles. The van der Waals surface area contributed by atoms with E-state index < -0.39 is 5.60 Å². The molecule has 5 nitrogen and oxygen atoms in total. The molecular formula is C16H33N3O2. The maximum Gasteiger partial charge on any atom is 0.407 e. The van der Waals surface area contributed by atoms with E-state index in [0.717, 1.165) is 32.2 Å². The normalized spacial score (nSPS) is 24.7. The summed E-state index contributed by atoms with van der Waals surface area (Å²) in [7, 11) is 0. The lowest BCUT2D eigenvalue weighted by atomic mass is 9.91. The van der Waals surface area contributed by atoms with Crippen molar-refractivity contribution in [3.8, 4) is 0 Å². The van der Waals surface area contributed by atoms with Crippen LogP contribution in [-0.4, -0.2) is 36.4 Å². The van der Waals surface area contributed by atoms with Crippen molar-refractivity contribution in [3.05, 3.63) is 0 Å². The average molecular weight is 299 g/mol. The zero-order valence-corrected chi connectivity index (χ0v) is 14.2. The fourth-order valence-electron chi connectivity index (χ4n) is 2.53. The Labute approximate surface area is 129 Å². The number of nitrogens with two attached hydrogens (primary N) is 1. The first-order chi connectivity index (χ1) is 9.67. The second kappa shape index (κ2) is 7.99. The third-order valence-corrected chi connectivity index (χ3v) is 3.91. The molecule has 4 N–H and O–H groups in total. The van der Waals surface area contributed by atoms with E-state index in [2.05, 4.69) is 24.5 Å². The molecule has 1 aliphatic rings. The van der Waals surface area contributed by atoms with Crippen LogP contribution < -0.4 is 16.4 Å². The highest BCUT2D eigenvalue weighted by atomic mass is 16.6. The summed E-state index contributed by atoms with van der Waals surface area (Å²) < 4.78 is 5.33. The highest BCUT2D eigenvalue weighted by Crippen LogP contribution is 2.17. The van der Waals surface area contributed by atoms with Gasteiger partial charge in [0.05, 0.1) is 0 Å². The highest BCUT2D eigenvalue weighted by Gasteiger charge is 2.23. The van der Waals surface area contributed by atoms with Gasteiger partial charge in [0.2, 0.25) is 0 Å². The number of hydrogen-bond acceptors (Lipinski definition) is 4. The zero-order chi connectivity index (χ0) is 16.0. The number of ether oxygens (including phenoxy) is 1. The van der Waals surface area contributed by atoms with Crippen LogP contribution in [0.15, 0.2) is 0 Å². The SMILES string of the molecule is CC(C)C(CNC1CCC(N)CC1)NC(=O)OC(C)(C)C. The molecule has 0 aromatic rings. The van der Waals surface area contributed by atoms with Crippen LogP contribution in [0.2, 0.25) is 0 Å². The number of hydrogen-bond donors (Lipinski definition) is 3. The van der Waals surface area contributed by atoms with Gasteiger partial charge in [-0.25, -0.2) is 4.79 Å². The van der Waals surface area contributed by atoms with E-state index in [1.165, 1.54) is 0 Å². The Kier molecular flexibility index (Phi) is 6.94. The molecule has 1 unspecified atom stereocenters. The van der Waals surface area contributed by atoms with Crippen LogP contribution in [0.4, 0.5) is 4.79 Å². The summed E-state index contributed by atoms with van der Waals surface area (Å²) in [4.78, 5) is 11.9. The van der Waals surface area contributed by atoms with Gasteiger partial charge in [0.25, 0.3) is 0 Å². The Morgan fingerprint density at radius 1 is 1.24 bits per heavy atom. The summed E-state index contributed by atoms with van der Waals surface area (Å²) in [6.45, 7) is 10.6. The van der Waals surface area contributed by atoms with E-state index in [1.54, 1.807) is 0 Å². The molecule has 1 saturated carbocycles. The van der Waals surface area contributed by atoms with Crippen LogP contribution in [0.5, 0.6) is 0 Å². The summed E-state index contributed by atoms with van der Waals surface area (Å²) in [5.41, 5.74) is 5.46. The van der Waals surface area contributed by atoms with Crippen LogP contribution in [0.25, 0.3) is 0 Å². The van der Waals surface area contributed by atoms with Crippen LogP contribution >= 0.6 is 0 Å². The molecule has 0 aliphatic heterocycles. The number of alkyl carbamates (subject to hydrolysis) is 1. The summed E-state index contributed by atoms with van der Waals surface area (Å²) in [6, 6.07) is 0.964. The Bertz CT molecular complexity index is 318. The van der Waals surface area contributed by atoms with Crippen LogP contribution in [0.1, 0.15) is 60.3 Å². The van der Waals surface area contributed by atoms with Crippen molar-refractivity contribution in [1.29, 1.82) is 0 Å². The van der Waals surface area contributed by atoms with Gasteiger partial charge in [0.15, 0.2) is 0 Å². The van der Waals surface area contributed by atoms with Crippen LogP contribution in [0, 0.1) is 5.92 Å². The molecule has 124 valence electrons. The Balaban J connectivity index is 2.38. The fourth-order valence-corrected chi connectivity index (χ4v) is 2.53. The number of carbonyl (C=O) groups is 1. The quantitative estimate of drug-likeness (QED) is 0.728. The number of nitrogens with one attached hydrogen (secondary N) is 2. The first-order valence-electron chi connectivity index (χ1n) is 8.16. The smallest absolute Gasteiger partial charge is 0.407 e. The van der Waals surface area contributed by atoms with E-state index in [-0.39, 0.29) is 12.1 Å². The molecule has 1 amide bonds. The van der Waals surface area contributed by atoms with Gasteiger partial charge in [0.1, 0.15) is 5.60 Å². The minimum atomic E-state index is -0.460. The van der Waals surface area contributed by atoms with Crippen LogP contribution in [0.3, 0.4) is 0 Å². The van der Waals surface area contributed by atoms with Crippen molar-refractivity contribution >= 4 is 6.09 Å². The molecule has 1 atom stereocenters. The summed E-state index contributed by atoms with van der Waals surface area (Å²) in [5, 5.41) is 6.54. The molecule has 0 aromatic heterocycles. The molecule has 1 rings (SSSR count). The molecule has 0 spiro atoms. The van der Waals surface area contributed by atoms with Crippen molar-refractivity contribution in [2.75, 3.05) is 6.54 Å². The highest BCUT2D eigenvalue weighted by molar-refractivity contribution is 5.68. The minimum Gasteiger partial charge on any atom is -0.444 e. The Morgan fingerprint density at radius 3 is 2.29 bits per heavy atom. The summed E-state index contributed by atoms with van der Waals surface area (Å²) >= 11 is 0. The molecule has 5 heteroatoms. The number of amides is 1. The van der Waals surface area contributed by atoms with Gasteiger partial charge in [-0.15, -0.1) is 0 Å². The first-order valence-corrected chi connectivity index (χ1v) is 8.16. The molecule has 1 aliphatic carbocycles. The maximum absolute atomic E-state index is 11.9. The lowest BCUT2D eigenvalue weighted by Crippen LogP contribution is -2.49. The molecule has 1 fully saturated rings. The van der Waals surface area contributed by atoms with Crippen molar-refractivity contribution in [2.24, 2.45) is 11.7 Å². The monoisotopic (exact) mass is 299 g/mol. The molecule has 0 heterocycles. The second-order valence-corrected chi connectivity index (χ2v) is 7.52. The third-order valence-electron chi connectivity index (χ3n) is 3.91. The number of carbonyl (C=O) groups excluding carboxylic acids is 1. The maximum atomic E-state index is 11.9. The summed E-state index contributed by atoms with van der Waals surface area (Å²) in [6.07, 6.45) is 4.08. The topological polar surface area (TPSA) is 76.4 Å². The van der Waals surface area contributed by atoms with Crippen molar-refractivity contribution in [2.45, 2.75) is 84.0 Å². The Hall–Kier alpha value is -0.810. The first kappa shape index (κ1) is 18.2. The van der Waals surface area contributed by atoms with E-state index in [1.807, 2.05) is 20.8 Å². The lowest BCUT2D eigenvalue weighted by Gasteiger charge is -2.30. The predicted molar refractivity (Wildman–Crippen MR) is 86.2 cm³/mol. The minimum absolute atomic E-state index is 0.0791. The van der Waals surface area contributed by atoms with Gasteiger partial charge in [-0.05, 0) is 52.4 Å². The van der Waals surface area contributed by atoms with Gasteiger partial charge in [-0.2, -0.15) is 0 Å². The zero-order valence-electron chi connectivity index (χ0n) is 14.2. The van der Waals surface area contributed by atoms with Crippen LogP contribution in [-0.2, 0) is 4.74 Å².